The lowest BCUT2D eigenvalue weighted by Gasteiger charge is -2.47. The smallest absolute Gasteiger partial charge is 0.0872 e. The maximum Gasteiger partial charge on any atom is 0.0872 e. The number of halogens is 1. The third-order valence-corrected chi connectivity index (χ3v) is 5.09. The number of methoxy groups -OCH3 is 1. The van der Waals surface area contributed by atoms with Gasteiger partial charge in [0.2, 0.25) is 0 Å². The second-order valence-corrected chi connectivity index (χ2v) is 7.15. The van der Waals surface area contributed by atoms with Crippen molar-refractivity contribution in [3.8, 4) is 0 Å². The number of ether oxygens (including phenoxy) is 1. The van der Waals surface area contributed by atoms with Crippen LogP contribution in [0.1, 0.15) is 51.1 Å². The zero-order chi connectivity index (χ0) is 14.8. The monoisotopic (exact) mass is 295 g/mol. The first-order valence-corrected chi connectivity index (χ1v) is 7.78. The van der Waals surface area contributed by atoms with Gasteiger partial charge in [0.05, 0.1) is 11.6 Å². The van der Waals surface area contributed by atoms with E-state index in [-0.39, 0.29) is 11.6 Å². The van der Waals surface area contributed by atoms with Crippen LogP contribution in [0, 0.1) is 5.41 Å². The molecule has 1 N–H and O–H groups in total. The van der Waals surface area contributed by atoms with E-state index in [0.29, 0.717) is 5.41 Å². The lowest BCUT2D eigenvalue weighted by atomic mass is 9.67. The highest BCUT2D eigenvalue weighted by Crippen LogP contribution is 2.47. The molecule has 1 atom stereocenters. The molecule has 0 heterocycles. The SMILES string of the molecule is CNC(c1cccc(Cl)c1)C1(OC)CCC(C)(C)CC1. The lowest BCUT2D eigenvalue weighted by Crippen LogP contribution is -2.48. The summed E-state index contributed by atoms with van der Waals surface area (Å²) < 4.78 is 6.01. The molecule has 1 aromatic rings. The third-order valence-electron chi connectivity index (χ3n) is 4.85. The molecule has 1 aromatic carbocycles. The third kappa shape index (κ3) is 3.19. The summed E-state index contributed by atoms with van der Waals surface area (Å²) in [7, 11) is 3.85. The number of likely N-dealkylation sites (N-methyl/N-ethyl adjacent to an activating group) is 1. The summed E-state index contributed by atoms with van der Waals surface area (Å²) in [5.41, 5.74) is 1.51. The Kier molecular flexibility index (Phi) is 4.78. The molecule has 1 unspecified atom stereocenters. The van der Waals surface area contributed by atoms with E-state index < -0.39 is 0 Å². The van der Waals surface area contributed by atoms with Crippen LogP contribution >= 0.6 is 11.6 Å². The van der Waals surface area contributed by atoms with E-state index >= 15 is 0 Å². The predicted octanol–water partition coefficient (Wildman–Crippen LogP) is 4.59. The Bertz CT molecular complexity index is 448. The van der Waals surface area contributed by atoms with Crippen molar-refractivity contribution in [3.63, 3.8) is 0 Å². The molecule has 3 heteroatoms. The first kappa shape index (κ1) is 15.8. The minimum atomic E-state index is -0.130. The average Bonchev–Trinajstić information content (AvgIpc) is 2.42. The second kappa shape index (κ2) is 6.05. The Labute approximate surface area is 127 Å². The Morgan fingerprint density at radius 3 is 2.35 bits per heavy atom. The van der Waals surface area contributed by atoms with Crippen molar-refractivity contribution in [1.29, 1.82) is 0 Å². The summed E-state index contributed by atoms with van der Waals surface area (Å²) in [4.78, 5) is 0. The van der Waals surface area contributed by atoms with Crippen molar-refractivity contribution in [2.75, 3.05) is 14.2 Å². The number of hydrogen-bond acceptors (Lipinski definition) is 2. The molecule has 0 aliphatic heterocycles. The molecule has 0 radical (unpaired) electrons. The van der Waals surface area contributed by atoms with Gasteiger partial charge < -0.3 is 10.1 Å². The summed E-state index contributed by atoms with van der Waals surface area (Å²) >= 11 is 6.15. The highest BCUT2D eigenvalue weighted by Gasteiger charge is 2.44. The minimum Gasteiger partial charge on any atom is -0.376 e. The summed E-state index contributed by atoms with van der Waals surface area (Å²) in [5, 5.41) is 4.23. The lowest BCUT2D eigenvalue weighted by molar-refractivity contribution is -0.0862. The zero-order valence-corrected chi connectivity index (χ0v) is 13.8. The topological polar surface area (TPSA) is 21.3 Å². The number of hydrogen-bond donors (Lipinski definition) is 1. The summed E-state index contributed by atoms with van der Waals surface area (Å²) in [6, 6.07) is 8.29. The average molecular weight is 296 g/mol. The Morgan fingerprint density at radius 2 is 1.85 bits per heavy atom. The molecule has 0 spiro atoms. The molecule has 0 bridgehead atoms. The van der Waals surface area contributed by atoms with Gasteiger partial charge in [0.1, 0.15) is 0 Å². The summed E-state index contributed by atoms with van der Waals surface area (Å²) in [5.74, 6) is 0. The molecular weight excluding hydrogens is 270 g/mol. The fourth-order valence-electron chi connectivity index (χ4n) is 3.38. The standard InChI is InChI=1S/C17H26ClNO/c1-16(2)8-10-17(20-4,11-9-16)15(19-3)13-6-5-7-14(18)12-13/h5-7,12,15,19H,8-11H2,1-4H3. The molecule has 1 aliphatic rings. The fraction of sp³-hybridized carbons (Fsp3) is 0.647. The molecular formula is C17H26ClNO. The van der Waals surface area contributed by atoms with E-state index in [2.05, 4.69) is 25.2 Å². The second-order valence-electron chi connectivity index (χ2n) is 6.71. The fourth-order valence-corrected chi connectivity index (χ4v) is 3.58. The molecule has 1 aliphatic carbocycles. The van der Waals surface area contributed by atoms with Gasteiger partial charge in [-0.1, -0.05) is 37.6 Å². The number of nitrogens with one attached hydrogen (secondary N) is 1. The van der Waals surface area contributed by atoms with E-state index in [1.807, 2.05) is 32.4 Å². The highest BCUT2D eigenvalue weighted by atomic mass is 35.5. The van der Waals surface area contributed by atoms with Crippen molar-refractivity contribution in [3.05, 3.63) is 34.9 Å². The van der Waals surface area contributed by atoms with Gasteiger partial charge in [0.15, 0.2) is 0 Å². The first-order valence-electron chi connectivity index (χ1n) is 7.40. The van der Waals surface area contributed by atoms with Crippen LogP contribution < -0.4 is 5.32 Å². The molecule has 112 valence electrons. The van der Waals surface area contributed by atoms with Gasteiger partial charge in [-0.3, -0.25) is 0 Å². The van der Waals surface area contributed by atoms with Gasteiger partial charge in [0, 0.05) is 12.1 Å². The Morgan fingerprint density at radius 1 is 1.20 bits per heavy atom. The van der Waals surface area contributed by atoms with E-state index in [1.54, 1.807) is 0 Å². The number of rotatable bonds is 4. The molecule has 0 aromatic heterocycles. The predicted molar refractivity (Wildman–Crippen MR) is 85.2 cm³/mol. The van der Waals surface area contributed by atoms with Crippen LogP contribution in [0.25, 0.3) is 0 Å². The van der Waals surface area contributed by atoms with Crippen molar-refractivity contribution in [2.24, 2.45) is 5.41 Å². The van der Waals surface area contributed by atoms with Crippen molar-refractivity contribution >= 4 is 11.6 Å². The molecule has 0 saturated heterocycles. The van der Waals surface area contributed by atoms with Crippen molar-refractivity contribution < 1.29 is 4.74 Å². The van der Waals surface area contributed by atoms with Gasteiger partial charge in [-0.2, -0.15) is 0 Å². The molecule has 2 rings (SSSR count). The normalized spacial score (nSPS) is 22.4. The van der Waals surface area contributed by atoms with E-state index in [1.165, 1.54) is 18.4 Å². The van der Waals surface area contributed by atoms with Crippen LogP contribution in [0.5, 0.6) is 0 Å². The van der Waals surface area contributed by atoms with E-state index in [4.69, 9.17) is 16.3 Å². The van der Waals surface area contributed by atoms with Crippen molar-refractivity contribution in [1.82, 2.24) is 5.32 Å². The van der Waals surface area contributed by atoms with Crippen LogP contribution in [0.2, 0.25) is 5.02 Å². The van der Waals surface area contributed by atoms with Crippen LogP contribution in [-0.4, -0.2) is 19.8 Å². The minimum absolute atomic E-state index is 0.130. The van der Waals surface area contributed by atoms with Gasteiger partial charge in [0.25, 0.3) is 0 Å². The molecule has 20 heavy (non-hydrogen) atoms. The zero-order valence-electron chi connectivity index (χ0n) is 13.0. The molecule has 0 amide bonds. The summed E-state index contributed by atoms with van der Waals surface area (Å²) in [6.07, 6.45) is 4.54. The van der Waals surface area contributed by atoms with Crippen LogP contribution in [0.4, 0.5) is 0 Å². The van der Waals surface area contributed by atoms with Crippen LogP contribution in [0.15, 0.2) is 24.3 Å². The summed E-state index contributed by atoms with van der Waals surface area (Å²) in [6.45, 7) is 4.70. The maximum absolute atomic E-state index is 6.15. The van der Waals surface area contributed by atoms with E-state index in [9.17, 15) is 0 Å². The maximum atomic E-state index is 6.15. The van der Waals surface area contributed by atoms with E-state index in [0.717, 1.165) is 17.9 Å². The quantitative estimate of drug-likeness (QED) is 0.877. The first-order chi connectivity index (χ1) is 9.42. The van der Waals surface area contributed by atoms with Gasteiger partial charge >= 0.3 is 0 Å². The van der Waals surface area contributed by atoms with Crippen LogP contribution in [-0.2, 0) is 4.74 Å². The Hall–Kier alpha value is -0.570. The molecule has 2 nitrogen and oxygen atoms in total. The van der Waals surface area contributed by atoms with Gasteiger partial charge in [-0.25, -0.2) is 0 Å². The van der Waals surface area contributed by atoms with Crippen LogP contribution in [0.3, 0.4) is 0 Å². The largest absolute Gasteiger partial charge is 0.376 e. The molecule has 1 fully saturated rings. The van der Waals surface area contributed by atoms with Gasteiger partial charge in [-0.05, 0) is 55.8 Å². The van der Waals surface area contributed by atoms with Gasteiger partial charge in [-0.15, -0.1) is 0 Å². The Balaban J connectivity index is 2.29. The highest BCUT2D eigenvalue weighted by molar-refractivity contribution is 6.30. The number of benzene rings is 1. The molecule has 1 saturated carbocycles. The van der Waals surface area contributed by atoms with Crippen molar-refractivity contribution in [2.45, 2.75) is 51.2 Å².